The number of fused-ring (bicyclic) bond motifs is 1. The van der Waals surface area contributed by atoms with Crippen molar-refractivity contribution < 1.29 is 0 Å². The van der Waals surface area contributed by atoms with E-state index in [-0.39, 0.29) is 0 Å². The van der Waals surface area contributed by atoms with Crippen LogP contribution in [0.3, 0.4) is 0 Å². The fourth-order valence-corrected chi connectivity index (χ4v) is 2.21. The second-order valence-corrected chi connectivity index (χ2v) is 4.94. The van der Waals surface area contributed by atoms with E-state index in [1.165, 1.54) is 5.56 Å². The van der Waals surface area contributed by atoms with Crippen molar-refractivity contribution >= 4 is 27.0 Å². The maximum atomic E-state index is 4.53. The SMILES string of the molecule is CCc1nc2c(Br)cc(C(C)C)cc2[nH]1. The molecule has 1 heterocycles. The van der Waals surface area contributed by atoms with Crippen molar-refractivity contribution in [3.05, 3.63) is 28.0 Å². The predicted molar refractivity (Wildman–Crippen MR) is 67.3 cm³/mol. The fraction of sp³-hybridized carbons (Fsp3) is 0.417. The fourth-order valence-electron chi connectivity index (χ4n) is 1.65. The molecule has 0 saturated heterocycles. The van der Waals surface area contributed by atoms with Crippen molar-refractivity contribution in [3.63, 3.8) is 0 Å². The summed E-state index contributed by atoms with van der Waals surface area (Å²) in [6.07, 6.45) is 0.943. The van der Waals surface area contributed by atoms with E-state index >= 15 is 0 Å². The molecule has 3 heteroatoms. The van der Waals surface area contributed by atoms with E-state index in [2.05, 4.69) is 58.8 Å². The molecule has 2 aromatic rings. The van der Waals surface area contributed by atoms with E-state index in [9.17, 15) is 0 Å². The number of benzene rings is 1. The highest BCUT2D eigenvalue weighted by atomic mass is 79.9. The van der Waals surface area contributed by atoms with Gasteiger partial charge in [-0.15, -0.1) is 0 Å². The number of aryl methyl sites for hydroxylation is 1. The van der Waals surface area contributed by atoms with Crippen molar-refractivity contribution in [1.82, 2.24) is 9.97 Å². The molecule has 0 saturated carbocycles. The second-order valence-electron chi connectivity index (χ2n) is 4.09. The van der Waals surface area contributed by atoms with Gasteiger partial charge in [0.25, 0.3) is 0 Å². The van der Waals surface area contributed by atoms with Gasteiger partial charge in [0.2, 0.25) is 0 Å². The third kappa shape index (κ3) is 1.93. The summed E-state index contributed by atoms with van der Waals surface area (Å²) in [5.74, 6) is 1.59. The van der Waals surface area contributed by atoms with E-state index < -0.39 is 0 Å². The summed E-state index contributed by atoms with van der Waals surface area (Å²) >= 11 is 3.58. The summed E-state index contributed by atoms with van der Waals surface area (Å²) in [6.45, 7) is 6.50. The van der Waals surface area contributed by atoms with Gasteiger partial charge in [0.15, 0.2) is 0 Å². The van der Waals surface area contributed by atoms with Crippen LogP contribution in [0.2, 0.25) is 0 Å². The molecule has 0 aliphatic carbocycles. The van der Waals surface area contributed by atoms with Crippen LogP contribution in [0.25, 0.3) is 11.0 Å². The van der Waals surface area contributed by atoms with Gasteiger partial charge in [-0.25, -0.2) is 4.98 Å². The average molecular weight is 267 g/mol. The number of rotatable bonds is 2. The van der Waals surface area contributed by atoms with Crippen LogP contribution in [0.15, 0.2) is 16.6 Å². The highest BCUT2D eigenvalue weighted by Crippen LogP contribution is 2.27. The summed E-state index contributed by atoms with van der Waals surface area (Å²) in [5.41, 5.74) is 3.50. The van der Waals surface area contributed by atoms with Crippen LogP contribution in [0, 0.1) is 0 Å². The Morgan fingerprint density at radius 1 is 1.40 bits per heavy atom. The normalized spacial score (nSPS) is 11.5. The number of nitrogens with one attached hydrogen (secondary N) is 1. The van der Waals surface area contributed by atoms with Gasteiger partial charge in [0.05, 0.1) is 5.52 Å². The van der Waals surface area contributed by atoms with Crippen LogP contribution >= 0.6 is 15.9 Å². The van der Waals surface area contributed by atoms with Crippen molar-refractivity contribution in [2.75, 3.05) is 0 Å². The number of imidazole rings is 1. The van der Waals surface area contributed by atoms with Crippen LogP contribution in [-0.2, 0) is 6.42 Å². The van der Waals surface area contributed by atoms with E-state index in [4.69, 9.17) is 0 Å². The van der Waals surface area contributed by atoms with Crippen molar-refractivity contribution in [1.29, 1.82) is 0 Å². The van der Waals surface area contributed by atoms with Gasteiger partial charge in [0, 0.05) is 10.9 Å². The maximum Gasteiger partial charge on any atom is 0.106 e. The number of nitrogens with zero attached hydrogens (tertiary/aromatic N) is 1. The highest BCUT2D eigenvalue weighted by molar-refractivity contribution is 9.10. The van der Waals surface area contributed by atoms with Crippen molar-refractivity contribution in [2.24, 2.45) is 0 Å². The minimum atomic E-state index is 0.541. The third-order valence-electron chi connectivity index (χ3n) is 2.61. The molecule has 0 fully saturated rings. The van der Waals surface area contributed by atoms with E-state index in [0.29, 0.717) is 5.92 Å². The quantitative estimate of drug-likeness (QED) is 0.874. The number of hydrogen-bond donors (Lipinski definition) is 1. The van der Waals surface area contributed by atoms with Gasteiger partial charge in [0.1, 0.15) is 11.3 Å². The van der Waals surface area contributed by atoms with Gasteiger partial charge in [-0.1, -0.05) is 20.8 Å². The lowest BCUT2D eigenvalue weighted by molar-refractivity contribution is 0.867. The minimum Gasteiger partial charge on any atom is -0.342 e. The molecule has 2 rings (SSSR count). The van der Waals surface area contributed by atoms with Crippen LogP contribution < -0.4 is 0 Å². The summed E-state index contributed by atoms with van der Waals surface area (Å²) < 4.78 is 1.08. The first kappa shape index (κ1) is 10.7. The van der Waals surface area contributed by atoms with Gasteiger partial charge in [-0.3, -0.25) is 0 Å². The molecular weight excluding hydrogens is 252 g/mol. The Balaban J connectivity index is 2.65. The van der Waals surface area contributed by atoms with E-state index in [1.807, 2.05) is 0 Å². The molecule has 0 spiro atoms. The maximum absolute atomic E-state index is 4.53. The zero-order chi connectivity index (χ0) is 11.0. The molecular formula is C12H15BrN2. The first-order valence-corrected chi connectivity index (χ1v) is 6.09. The molecule has 80 valence electrons. The third-order valence-corrected chi connectivity index (χ3v) is 3.22. The molecule has 15 heavy (non-hydrogen) atoms. The second kappa shape index (κ2) is 3.97. The lowest BCUT2D eigenvalue weighted by Crippen LogP contribution is -1.87. The number of hydrogen-bond acceptors (Lipinski definition) is 1. The molecule has 0 bridgehead atoms. The zero-order valence-corrected chi connectivity index (χ0v) is 10.9. The van der Waals surface area contributed by atoms with Gasteiger partial charge in [-0.2, -0.15) is 0 Å². The topological polar surface area (TPSA) is 28.7 Å². The van der Waals surface area contributed by atoms with Crippen molar-refractivity contribution in [2.45, 2.75) is 33.1 Å². The molecule has 1 N–H and O–H groups in total. The Morgan fingerprint density at radius 3 is 2.73 bits per heavy atom. The van der Waals surface area contributed by atoms with Crippen LogP contribution in [-0.4, -0.2) is 9.97 Å². The summed E-state index contributed by atoms with van der Waals surface area (Å²) in [7, 11) is 0. The van der Waals surface area contributed by atoms with Crippen LogP contribution in [0.1, 0.15) is 38.1 Å². The number of aromatic nitrogens is 2. The Morgan fingerprint density at radius 2 is 2.13 bits per heavy atom. The Kier molecular flexibility index (Phi) is 2.83. The van der Waals surface area contributed by atoms with Crippen LogP contribution in [0.4, 0.5) is 0 Å². The number of H-pyrrole nitrogens is 1. The average Bonchev–Trinajstić information content (AvgIpc) is 2.61. The number of halogens is 1. The Labute approximate surface area is 98.2 Å². The molecule has 0 unspecified atom stereocenters. The predicted octanol–water partition coefficient (Wildman–Crippen LogP) is 4.01. The first-order chi connectivity index (χ1) is 7.11. The van der Waals surface area contributed by atoms with Gasteiger partial charge < -0.3 is 4.98 Å². The minimum absolute atomic E-state index is 0.541. The standard InChI is InChI=1S/C12H15BrN2/c1-4-11-14-10-6-8(7(2)3)5-9(13)12(10)15-11/h5-7H,4H2,1-3H3,(H,14,15). The summed E-state index contributed by atoms with van der Waals surface area (Å²) in [5, 5.41) is 0. The molecule has 0 radical (unpaired) electrons. The van der Waals surface area contributed by atoms with Crippen LogP contribution in [0.5, 0.6) is 0 Å². The molecule has 0 atom stereocenters. The highest BCUT2D eigenvalue weighted by Gasteiger charge is 2.08. The smallest absolute Gasteiger partial charge is 0.106 e. The van der Waals surface area contributed by atoms with E-state index in [1.54, 1.807) is 0 Å². The largest absolute Gasteiger partial charge is 0.342 e. The zero-order valence-electron chi connectivity index (χ0n) is 9.26. The molecule has 2 nitrogen and oxygen atoms in total. The lowest BCUT2D eigenvalue weighted by atomic mass is 10.0. The summed E-state index contributed by atoms with van der Waals surface area (Å²) in [4.78, 5) is 7.87. The van der Waals surface area contributed by atoms with Crippen molar-refractivity contribution in [3.8, 4) is 0 Å². The Bertz CT molecular complexity index is 486. The summed E-state index contributed by atoms with van der Waals surface area (Å²) in [6, 6.07) is 4.35. The molecule has 1 aromatic heterocycles. The van der Waals surface area contributed by atoms with E-state index in [0.717, 1.165) is 27.8 Å². The lowest BCUT2D eigenvalue weighted by Gasteiger charge is -2.05. The first-order valence-electron chi connectivity index (χ1n) is 5.29. The number of aromatic amines is 1. The molecule has 0 amide bonds. The Hall–Kier alpha value is -0.830. The van der Waals surface area contributed by atoms with Gasteiger partial charge >= 0.3 is 0 Å². The molecule has 0 aliphatic heterocycles. The molecule has 1 aromatic carbocycles. The monoisotopic (exact) mass is 266 g/mol. The molecule has 0 aliphatic rings. The van der Waals surface area contributed by atoms with Gasteiger partial charge in [-0.05, 0) is 39.5 Å².